The van der Waals surface area contributed by atoms with Gasteiger partial charge in [-0.2, -0.15) is 10.1 Å². The van der Waals surface area contributed by atoms with Gasteiger partial charge in [0.2, 0.25) is 0 Å². The Labute approximate surface area is 159 Å². The molecule has 8 heteroatoms. The summed E-state index contributed by atoms with van der Waals surface area (Å²) < 4.78 is 1.78. The lowest BCUT2D eigenvalue weighted by atomic mass is 9.85. The third-order valence-corrected chi connectivity index (χ3v) is 5.87. The summed E-state index contributed by atoms with van der Waals surface area (Å²) in [7, 11) is 0. The Bertz CT molecular complexity index is 1020. The molecule has 0 N–H and O–H groups in total. The summed E-state index contributed by atoms with van der Waals surface area (Å²) in [6.45, 7) is 0. The Kier molecular flexibility index (Phi) is 3.55. The van der Waals surface area contributed by atoms with E-state index in [9.17, 15) is 19.7 Å². The van der Waals surface area contributed by atoms with Gasteiger partial charge >= 0.3 is 0 Å². The van der Waals surface area contributed by atoms with Gasteiger partial charge in [0.05, 0.1) is 28.7 Å². The maximum atomic E-state index is 12.7. The molecule has 140 valence electrons. The van der Waals surface area contributed by atoms with Gasteiger partial charge in [-0.15, -0.1) is 0 Å². The van der Waals surface area contributed by atoms with Crippen LogP contribution in [0.25, 0.3) is 5.69 Å². The highest BCUT2D eigenvalue weighted by atomic mass is 16.6. The number of hydrogen-bond acceptors (Lipinski definition) is 5. The van der Waals surface area contributed by atoms with Crippen LogP contribution in [-0.4, -0.2) is 32.5 Å². The Morgan fingerprint density at radius 3 is 2.29 bits per heavy atom. The molecule has 0 unspecified atom stereocenters. The molecule has 2 aliphatic carbocycles. The highest BCUT2D eigenvalue weighted by Gasteiger charge is 2.59. The molecular formula is C20H16N4O4. The van der Waals surface area contributed by atoms with E-state index in [2.05, 4.69) is 5.10 Å². The van der Waals surface area contributed by atoms with Crippen LogP contribution < -0.4 is 0 Å². The van der Waals surface area contributed by atoms with Crippen molar-refractivity contribution in [1.82, 2.24) is 9.58 Å². The molecule has 1 saturated heterocycles. The maximum Gasteiger partial charge on any atom is 0.269 e. The number of hydrogen-bond donors (Lipinski definition) is 0. The van der Waals surface area contributed by atoms with Crippen molar-refractivity contribution in [2.24, 2.45) is 28.8 Å². The van der Waals surface area contributed by atoms with Crippen LogP contribution in [0.2, 0.25) is 0 Å². The van der Waals surface area contributed by atoms with E-state index >= 15 is 0 Å². The van der Waals surface area contributed by atoms with Crippen LogP contribution in [0.15, 0.2) is 59.8 Å². The predicted molar refractivity (Wildman–Crippen MR) is 99.6 cm³/mol. The van der Waals surface area contributed by atoms with Gasteiger partial charge in [0.25, 0.3) is 17.5 Å². The van der Waals surface area contributed by atoms with Gasteiger partial charge in [-0.05, 0) is 42.5 Å². The number of carbonyl (C=O) groups is 2. The number of nitrogens with zero attached hydrogens (tertiary/aromatic N) is 4. The smallest absolute Gasteiger partial charge is 0.269 e. The third-order valence-electron chi connectivity index (χ3n) is 5.87. The maximum absolute atomic E-state index is 12.7. The van der Waals surface area contributed by atoms with Crippen LogP contribution in [0.5, 0.6) is 0 Å². The molecule has 5 rings (SSSR count). The van der Waals surface area contributed by atoms with E-state index in [1.54, 1.807) is 35.0 Å². The quantitative estimate of drug-likeness (QED) is 0.269. The molecule has 28 heavy (non-hydrogen) atoms. The summed E-state index contributed by atoms with van der Waals surface area (Å²) in [5.74, 6) is -0.707. The normalized spacial score (nSPS) is 27.9. The lowest BCUT2D eigenvalue weighted by molar-refractivity contribution is -0.384. The molecule has 1 aliphatic heterocycles. The summed E-state index contributed by atoms with van der Waals surface area (Å²) in [4.78, 5) is 35.7. The van der Waals surface area contributed by atoms with E-state index in [1.165, 1.54) is 18.3 Å². The zero-order valence-electron chi connectivity index (χ0n) is 14.7. The molecule has 2 aromatic rings. The van der Waals surface area contributed by atoms with E-state index in [0.29, 0.717) is 5.69 Å². The largest absolute Gasteiger partial charge is 0.316 e. The van der Waals surface area contributed by atoms with E-state index in [-0.39, 0.29) is 41.2 Å². The van der Waals surface area contributed by atoms with E-state index in [0.717, 1.165) is 17.1 Å². The molecule has 1 aromatic heterocycles. The Hall–Kier alpha value is -3.55. The minimum atomic E-state index is -0.453. The summed E-state index contributed by atoms with van der Waals surface area (Å²) in [5.41, 5.74) is 1.39. The molecular weight excluding hydrogens is 360 g/mol. The minimum Gasteiger partial charge on any atom is -0.316 e. The number of carbonyl (C=O) groups excluding carboxylic acids is 2. The topological polar surface area (TPSA) is 97.8 Å². The fraction of sp³-hybridized carbons (Fsp3) is 0.250. The van der Waals surface area contributed by atoms with Gasteiger partial charge in [-0.1, -0.05) is 12.2 Å². The zero-order valence-corrected chi connectivity index (χ0v) is 14.7. The van der Waals surface area contributed by atoms with Crippen molar-refractivity contribution in [1.29, 1.82) is 0 Å². The highest BCUT2D eigenvalue weighted by molar-refractivity contribution is 6.06. The molecule has 3 aliphatic rings. The average Bonchev–Trinajstić information content (AvgIpc) is 3.46. The van der Waals surface area contributed by atoms with Crippen molar-refractivity contribution < 1.29 is 14.5 Å². The second-order valence-electron chi connectivity index (χ2n) is 7.31. The Balaban J connectivity index is 1.40. The third kappa shape index (κ3) is 2.34. The number of nitro benzene ring substituents is 1. The van der Waals surface area contributed by atoms with Crippen LogP contribution in [0.3, 0.4) is 0 Å². The summed E-state index contributed by atoms with van der Waals surface area (Å²) in [5, 5.41) is 16.0. The lowest BCUT2D eigenvalue weighted by Gasteiger charge is -2.13. The van der Waals surface area contributed by atoms with Crippen molar-refractivity contribution in [2.45, 2.75) is 6.42 Å². The Morgan fingerprint density at radius 1 is 1.04 bits per heavy atom. The second kappa shape index (κ2) is 5.98. The molecule has 1 aromatic carbocycles. The molecule has 2 amide bonds. The molecule has 0 spiro atoms. The number of hydrazone groups is 1. The fourth-order valence-electron chi connectivity index (χ4n) is 4.59. The molecule has 8 nitrogen and oxygen atoms in total. The first kappa shape index (κ1) is 16.6. The second-order valence-corrected chi connectivity index (χ2v) is 7.31. The molecule has 2 bridgehead atoms. The number of fused-ring (bicyclic) bond motifs is 5. The van der Waals surface area contributed by atoms with Gasteiger partial charge in [-0.25, -0.2) is 0 Å². The number of amides is 2. The van der Waals surface area contributed by atoms with Gasteiger partial charge in [0.15, 0.2) is 0 Å². The summed E-state index contributed by atoms with van der Waals surface area (Å²) in [6.07, 6.45) is 8.24. The average molecular weight is 376 g/mol. The summed E-state index contributed by atoms with van der Waals surface area (Å²) >= 11 is 0. The van der Waals surface area contributed by atoms with Crippen molar-refractivity contribution in [3.63, 3.8) is 0 Å². The number of benzene rings is 1. The minimum absolute atomic E-state index is 0.00848. The van der Waals surface area contributed by atoms with Crippen LogP contribution in [0, 0.1) is 33.8 Å². The van der Waals surface area contributed by atoms with Crippen LogP contribution in [0.4, 0.5) is 5.69 Å². The number of non-ortho nitro benzene ring substituents is 1. The summed E-state index contributed by atoms with van der Waals surface area (Å²) in [6, 6.07) is 9.71. The first-order valence-corrected chi connectivity index (χ1v) is 9.07. The predicted octanol–water partition coefficient (Wildman–Crippen LogP) is 2.53. The van der Waals surface area contributed by atoms with Crippen molar-refractivity contribution in [3.8, 4) is 5.69 Å². The van der Waals surface area contributed by atoms with Gasteiger partial charge in [-0.3, -0.25) is 19.7 Å². The van der Waals surface area contributed by atoms with Gasteiger partial charge < -0.3 is 4.57 Å². The van der Waals surface area contributed by atoms with Crippen molar-refractivity contribution >= 4 is 23.7 Å². The Morgan fingerprint density at radius 2 is 1.68 bits per heavy atom. The first-order valence-electron chi connectivity index (χ1n) is 9.07. The van der Waals surface area contributed by atoms with Gasteiger partial charge in [0, 0.05) is 24.0 Å². The van der Waals surface area contributed by atoms with Gasteiger partial charge in [0.1, 0.15) is 0 Å². The molecule has 0 radical (unpaired) electrons. The highest BCUT2D eigenvalue weighted by Crippen LogP contribution is 2.52. The van der Waals surface area contributed by atoms with Crippen LogP contribution >= 0.6 is 0 Å². The van der Waals surface area contributed by atoms with Crippen LogP contribution in [-0.2, 0) is 9.59 Å². The number of aromatic nitrogens is 1. The van der Waals surface area contributed by atoms with E-state index in [4.69, 9.17) is 0 Å². The van der Waals surface area contributed by atoms with Crippen LogP contribution in [0.1, 0.15) is 12.1 Å². The number of nitro groups is 1. The molecule has 2 fully saturated rings. The lowest BCUT2D eigenvalue weighted by Crippen LogP contribution is -2.28. The van der Waals surface area contributed by atoms with E-state index < -0.39 is 4.92 Å². The molecule has 4 atom stereocenters. The standard InChI is InChI=1S/C20H16N4O4/c25-19-17-12-3-4-13(10-12)18(17)20(26)23(19)21-11-16-2-1-9-22(16)14-5-7-15(8-6-14)24(27)28/h1-9,11-13,17-18H,10H2/t12-,13-,17-,18+/m0/s1. The molecule has 2 heterocycles. The SMILES string of the molecule is O=C1[C@@H]2[C@H](C(=O)N1N=Cc1cccn1-c1ccc([N+](=O)[O-])cc1)[C@H]1C=C[C@H]2C1. The number of allylic oxidation sites excluding steroid dienone is 2. The zero-order chi connectivity index (χ0) is 19.4. The van der Waals surface area contributed by atoms with E-state index in [1.807, 2.05) is 12.2 Å². The number of rotatable bonds is 4. The fourth-order valence-corrected chi connectivity index (χ4v) is 4.59. The molecule has 1 saturated carbocycles. The van der Waals surface area contributed by atoms with Crippen molar-refractivity contribution in [2.75, 3.05) is 0 Å². The van der Waals surface area contributed by atoms with Crippen molar-refractivity contribution in [3.05, 3.63) is 70.6 Å². The monoisotopic (exact) mass is 376 g/mol. The number of imide groups is 1. The first-order chi connectivity index (χ1) is 13.5.